The fraction of sp³-hybridized carbons (Fsp3) is 0.185. The van der Waals surface area contributed by atoms with E-state index in [-0.39, 0.29) is 12.3 Å². The molecule has 0 heterocycles. The monoisotopic (exact) mass is 613 g/mol. The number of hydrogen-bond donors (Lipinski definition) is 5. The van der Waals surface area contributed by atoms with E-state index in [9.17, 15) is 26.4 Å². The summed E-state index contributed by atoms with van der Waals surface area (Å²) in [6.07, 6.45) is 5.70. The van der Waals surface area contributed by atoms with Gasteiger partial charge >= 0.3 is 0 Å². The van der Waals surface area contributed by atoms with Crippen molar-refractivity contribution < 1.29 is 26.4 Å². The molecule has 0 atom stereocenters. The Hall–Kier alpha value is -4.76. The van der Waals surface area contributed by atoms with Crippen LogP contribution in [-0.4, -0.2) is 60.1 Å². The Morgan fingerprint density at radius 3 is 1.76 bits per heavy atom. The smallest absolute Gasteiger partial charge is 0.271 e. The van der Waals surface area contributed by atoms with E-state index in [2.05, 4.69) is 35.8 Å². The van der Waals surface area contributed by atoms with Gasteiger partial charge in [0, 0.05) is 35.6 Å². The molecule has 42 heavy (non-hydrogen) atoms. The fourth-order valence-electron chi connectivity index (χ4n) is 3.48. The molecule has 3 aromatic rings. The molecule has 0 unspecified atom stereocenters. The largest absolute Gasteiger partial charge is 0.385 e. The van der Waals surface area contributed by atoms with Gasteiger partial charge in [-0.2, -0.15) is 10.2 Å². The van der Waals surface area contributed by atoms with Gasteiger partial charge in [-0.3, -0.25) is 19.0 Å². The number of nitrogens with zero attached hydrogens (tertiary/aromatic N) is 2. The van der Waals surface area contributed by atoms with Gasteiger partial charge in [0.05, 0.1) is 24.9 Å². The summed E-state index contributed by atoms with van der Waals surface area (Å²) in [5.41, 5.74) is 8.01. The molecule has 0 radical (unpaired) electrons. The predicted molar refractivity (Wildman–Crippen MR) is 165 cm³/mol. The van der Waals surface area contributed by atoms with Crippen LogP contribution in [-0.2, 0) is 24.8 Å². The van der Waals surface area contributed by atoms with Gasteiger partial charge in [-0.25, -0.2) is 27.7 Å². The van der Waals surface area contributed by atoms with Crippen molar-refractivity contribution >= 4 is 61.4 Å². The lowest BCUT2D eigenvalue weighted by atomic mass is 10.2. The van der Waals surface area contributed by atoms with Gasteiger partial charge in [0.25, 0.3) is 5.91 Å². The van der Waals surface area contributed by atoms with Crippen LogP contribution >= 0.6 is 0 Å². The molecule has 0 saturated heterocycles. The third-order valence-electron chi connectivity index (χ3n) is 5.22. The van der Waals surface area contributed by atoms with Crippen LogP contribution in [0.5, 0.6) is 0 Å². The Labute approximate surface area is 244 Å². The van der Waals surface area contributed by atoms with Crippen LogP contribution in [0.1, 0.15) is 34.3 Å². The third kappa shape index (κ3) is 12.2. The minimum atomic E-state index is -3.40. The predicted octanol–water partition coefficient (Wildman–Crippen LogP) is 2.54. The number of hydrogen-bond acceptors (Lipinski definition) is 9. The lowest BCUT2D eigenvalue weighted by molar-refractivity contribution is -0.121. The number of sulfonamides is 2. The molecule has 0 bridgehead atoms. The minimum absolute atomic E-state index is 0.228. The van der Waals surface area contributed by atoms with E-state index < -0.39 is 26.0 Å². The SMILES string of the molecule is CS(=O)(=O)Nc1cccc(C=NNC(=O)CCCNc2ccc(C(=O)NN=Cc3cccc(NS(C)(=O)=O)c3)cc2)c1. The average molecular weight is 614 g/mol. The quantitative estimate of drug-likeness (QED) is 0.105. The number of benzene rings is 3. The maximum Gasteiger partial charge on any atom is 0.271 e. The summed E-state index contributed by atoms with van der Waals surface area (Å²) < 4.78 is 50.2. The lowest BCUT2D eigenvalue weighted by Crippen LogP contribution is -2.18. The van der Waals surface area contributed by atoms with Crippen LogP contribution in [0.4, 0.5) is 17.1 Å². The fourth-order valence-corrected chi connectivity index (χ4v) is 4.59. The highest BCUT2D eigenvalue weighted by atomic mass is 32.2. The summed E-state index contributed by atoms with van der Waals surface area (Å²) in [5.74, 6) is -0.691. The topological polar surface area (TPSA) is 187 Å². The Kier molecular flexibility index (Phi) is 11.2. The maximum atomic E-state index is 12.4. The minimum Gasteiger partial charge on any atom is -0.385 e. The number of anilines is 3. The van der Waals surface area contributed by atoms with Crippen molar-refractivity contribution in [2.45, 2.75) is 12.8 Å². The Bertz CT molecular complexity index is 1670. The molecule has 3 rings (SSSR count). The first-order valence-electron chi connectivity index (χ1n) is 12.5. The van der Waals surface area contributed by atoms with Gasteiger partial charge in [0.2, 0.25) is 26.0 Å². The molecule has 15 heteroatoms. The highest BCUT2D eigenvalue weighted by Gasteiger charge is 2.06. The average Bonchev–Trinajstić information content (AvgIpc) is 2.90. The number of rotatable bonds is 14. The van der Waals surface area contributed by atoms with Crippen LogP contribution in [0, 0.1) is 0 Å². The molecular weight excluding hydrogens is 582 g/mol. The maximum absolute atomic E-state index is 12.4. The van der Waals surface area contributed by atoms with Crippen molar-refractivity contribution in [2.24, 2.45) is 10.2 Å². The second kappa shape index (κ2) is 14.7. The first-order chi connectivity index (χ1) is 19.9. The molecular formula is C27H31N7O6S2. The van der Waals surface area contributed by atoms with Crippen molar-refractivity contribution in [3.8, 4) is 0 Å². The molecule has 0 fully saturated rings. The standard InChI is InChI=1S/C27H31N7O6S2/c1-41(37,38)33-24-8-3-6-20(16-24)18-29-31-26(35)10-5-15-28-23-13-11-22(12-14-23)27(36)32-30-19-21-7-4-9-25(17-21)34-42(2,39)40/h3-4,6-9,11-14,16-19,28,33-34H,5,10,15H2,1-2H3,(H,31,35)(H,32,36). The van der Waals surface area contributed by atoms with Crippen LogP contribution in [0.15, 0.2) is 83.0 Å². The Balaban J connectivity index is 1.37. The van der Waals surface area contributed by atoms with Crippen molar-refractivity contribution in [1.29, 1.82) is 0 Å². The van der Waals surface area contributed by atoms with Crippen molar-refractivity contribution in [3.05, 3.63) is 89.5 Å². The van der Waals surface area contributed by atoms with E-state index in [1.165, 1.54) is 12.4 Å². The van der Waals surface area contributed by atoms with E-state index in [0.29, 0.717) is 41.0 Å². The van der Waals surface area contributed by atoms with E-state index in [0.717, 1.165) is 18.2 Å². The number of nitrogens with one attached hydrogen (secondary N) is 5. The van der Waals surface area contributed by atoms with E-state index in [4.69, 9.17) is 0 Å². The highest BCUT2D eigenvalue weighted by Crippen LogP contribution is 2.12. The molecule has 3 aromatic carbocycles. The van der Waals surface area contributed by atoms with Crippen LogP contribution in [0.3, 0.4) is 0 Å². The van der Waals surface area contributed by atoms with Gasteiger partial charge in [-0.1, -0.05) is 24.3 Å². The Morgan fingerprint density at radius 1 is 0.714 bits per heavy atom. The van der Waals surface area contributed by atoms with E-state index >= 15 is 0 Å². The van der Waals surface area contributed by atoms with Crippen molar-refractivity contribution in [3.63, 3.8) is 0 Å². The second-order valence-corrected chi connectivity index (χ2v) is 12.6. The number of amides is 2. The van der Waals surface area contributed by atoms with E-state index in [1.54, 1.807) is 72.8 Å². The Morgan fingerprint density at radius 2 is 1.24 bits per heavy atom. The summed E-state index contributed by atoms with van der Waals surface area (Å²) >= 11 is 0. The number of hydrazone groups is 2. The highest BCUT2D eigenvalue weighted by molar-refractivity contribution is 7.92. The summed E-state index contributed by atoms with van der Waals surface area (Å²) in [6.45, 7) is 0.513. The summed E-state index contributed by atoms with van der Waals surface area (Å²) in [4.78, 5) is 24.4. The number of carbonyl (C=O) groups excluding carboxylic acids is 2. The zero-order valence-electron chi connectivity index (χ0n) is 22.9. The molecule has 5 N–H and O–H groups in total. The molecule has 0 saturated carbocycles. The van der Waals surface area contributed by atoms with Gasteiger partial charge < -0.3 is 5.32 Å². The first kappa shape index (κ1) is 31.8. The third-order valence-corrected chi connectivity index (χ3v) is 6.43. The van der Waals surface area contributed by atoms with Gasteiger partial charge in [-0.05, 0) is 66.1 Å². The van der Waals surface area contributed by atoms with Crippen LogP contribution in [0.25, 0.3) is 0 Å². The molecule has 0 spiro atoms. The zero-order chi connectivity index (χ0) is 30.6. The molecule has 0 aromatic heterocycles. The van der Waals surface area contributed by atoms with Crippen LogP contribution < -0.4 is 25.6 Å². The number of carbonyl (C=O) groups is 2. The zero-order valence-corrected chi connectivity index (χ0v) is 24.5. The van der Waals surface area contributed by atoms with E-state index in [1.807, 2.05) is 0 Å². The second-order valence-electron chi connectivity index (χ2n) is 9.10. The summed E-state index contributed by atoms with van der Waals surface area (Å²) in [5, 5.41) is 11.0. The molecule has 222 valence electrons. The molecule has 0 aliphatic heterocycles. The van der Waals surface area contributed by atoms with Crippen molar-refractivity contribution in [2.75, 3.05) is 33.8 Å². The van der Waals surface area contributed by atoms with Crippen LogP contribution in [0.2, 0.25) is 0 Å². The first-order valence-corrected chi connectivity index (χ1v) is 16.3. The summed E-state index contributed by atoms with van der Waals surface area (Å²) in [6, 6.07) is 19.9. The molecule has 0 aliphatic rings. The van der Waals surface area contributed by atoms with Gasteiger partial charge in [-0.15, -0.1) is 0 Å². The van der Waals surface area contributed by atoms with Crippen molar-refractivity contribution in [1.82, 2.24) is 10.9 Å². The molecule has 0 aliphatic carbocycles. The van der Waals surface area contributed by atoms with Gasteiger partial charge in [0.1, 0.15) is 0 Å². The lowest BCUT2D eigenvalue weighted by Gasteiger charge is -2.07. The van der Waals surface area contributed by atoms with Gasteiger partial charge in [0.15, 0.2) is 0 Å². The molecule has 2 amide bonds. The normalized spacial score (nSPS) is 11.8. The molecule has 13 nitrogen and oxygen atoms in total. The summed E-state index contributed by atoms with van der Waals surface area (Å²) in [7, 11) is -6.80.